The molecule has 4 aromatic carbocycles. The van der Waals surface area contributed by atoms with Crippen LogP contribution in [0.4, 0.5) is 0 Å². The first-order valence-electron chi connectivity index (χ1n) is 7.71. The number of fused-ring (bicyclic) bond motifs is 4. The van der Waals surface area contributed by atoms with E-state index < -0.39 is 0 Å². The largest absolute Gasteiger partial charge is 0.497 e. The average Bonchev–Trinajstić information content (AvgIpc) is 2.61. The van der Waals surface area contributed by atoms with Crippen molar-refractivity contribution < 1.29 is 4.74 Å². The molecule has 114 valence electrons. The van der Waals surface area contributed by atoms with Crippen molar-refractivity contribution in [2.45, 2.75) is 12.8 Å². The van der Waals surface area contributed by atoms with Crippen molar-refractivity contribution in [3.8, 4) is 5.75 Å². The zero-order chi connectivity index (χ0) is 16.0. The van der Waals surface area contributed by atoms with Gasteiger partial charge in [-0.15, -0.1) is 11.6 Å². The van der Waals surface area contributed by atoms with Crippen LogP contribution in [0.15, 0.2) is 54.6 Å². The van der Waals surface area contributed by atoms with E-state index >= 15 is 0 Å². The molecule has 0 aliphatic heterocycles. The van der Waals surface area contributed by atoms with Crippen molar-refractivity contribution in [2.24, 2.45) is 0 Å². The number of ether oxygens (including phenoxy) is 1. The molecule has 0 heterocycles. The summed E-state index contributed by atoms with van der Waals surface area (Å²) in [4.78, 5) is 0. The van der Waals surface area contributed by atoms with Crippen molar-refractivity contribution >= 4 is 43.9 Å². The van der Waals surface area contributed by atoms with E-state index in [9.17, 15) is 0 Å². The van der Waals surface area contributed by atoms with Crippen molar-refractivity contribution in [1.29, 1.82) is 0 Å². The van der Waals surface area contributed by atoms with E-state index in [4.69, 9.17) is 16.3 Å². The third-order valence-electron chi connectivity index (χ3n) is 4.72. The molecule has 0 saturated heterocycles. The fourth-order valence-corrected chi connectivity index (χ4v) is 3.88. The van der Waals surface area contributed by atoms with Gasteiger partial charge in [0.05, 0.1) is 7.11 Å². The minimum atomic E-state index is 0.513. The van der Waals surface area contributed by atoms with Gasteiger partial charge < -0.3 is 4.74 Å². The van der Waals surface area contributed by atoms with Gasteiger partial charge in [0.25, 0.3) is 0 Å². The second kappa shape index (κ2) is 5.43. The highest BCUT2D eigenvalue weighted by Gasteiger charge is 2.13. The number of alkyl halides is 1. The van der Waals surface area contributed by atoms with Crippen LogP contribution in [0, 0.1) is 6.92 Å². The minimum Gasteiger partial charge on any atom is -0.497 e. The lowest BCUT2D eigenvalue weighted by atomic mass is 9.90. The summed E-state index contributed by atoms with van der Waals surface area (Å²) in [7, 11) is 1.70. The maximum absolute atomic E-state index is 6.32. The molecule has 0 atom stereocenters. The Morgan fingerprint density at radius 1 is 0.870 bits per heavy atom. The molecule has 0 amide bonds. The molecule has 0 N–H and O–H groups in total. The van der Waals surface area contributed by atoms with Crippen LogP contribution >= 0.6 is 11.6 Å². The number of hydrogen-bond donors (Lipinski definition) is 0. The van der Waals surface area contributed by atoms with Gasteiger partial charge in [0.2, 0.25) is 0 Å². The van der Waals surface area contributed by atoms with E-state index in [1.165, 1.54) is 43.4 Å². The summed E-state index contributed by atoms with van der Waals surface area (Å²) in [5, 5.41) is 7.50. The Kier molecular flexibility index (Phi) is 3.39. The highest BCUT2D eigenvalue weighted by molar-refractivity contribution is 6.22. The lowest BCUT2D eigenvalue weighted by molar-refractivity contribution is 0.415. The summed E-state index contributed by atoms with van der Waals surface area (Å²) in [6, 6.07) is 19.1. The predicted molar refractivity (Wildman–Crippen MR) is 99.8 cm³/mol. The first-order valence-corrected chi connectivity index (χ1v) is 8.24. The smallest absolute Gasteiger partial charge is 0.119 e. The molecule has 0 spiro atoms. The molecule has 0 saturated carbocycles. The molecular weight excluding hydrogens is 304 g/mol. The quantitative estimate of drug-likeness (QED) is 0.243. The van der Waals surface area contributed by atoms with Crippen LogP contribution in [0.3, 0.4) is 0 Å². The Bertz CT molecular complexity index is 1050. The zero-order valence-electron chi connectivity index (χ0n) is 13.2. The molecule has 0 unspecified atom stereocenters. The monoisotopic (exact) mass is 320 g/mol. The van der Waals surface area contributed by atoms with Crippen molar-refractivity contribution in [3.05, 3.63) is 65.7 Å². The molecule has 4 rings (SSSR count). The minimum absolute atomic E-state index is 0.513. The van der Waals surface area contributed by atoms with Crippen LogP contribution in [0.5, 0.6) is 5.75 Å². The van der Waals surface area contributed by atoms with Crippen molar-refractivity contribution in [3.63, 3.8) is 0 Å². The van der Waals surface area contributed by atoms with Gasteiger partial charge in [-0.05, 0) is 62.5 Å². The summed E-state index contributed by atoms with van der Waals surface area (Å²) in [5.41, 5.74) is 2.51. The van der Waals surface area contributed by atoms with Gasteiger partial charge in [-0.2, -0.15) is 0 Å². The Morgan fingerprint density at radius 3 is 2.35 bits per heavy atom. The molecule has 4 aromatic rings. The van der Waals surface area contributed by atoms with Gasteiger partial charge in [0.1, 0.15) is 5.75 Å². The van der Waals surface area contributed by atoms with E-state index in [1.807, 2.05) is 6.07 Å². The molecule has 0 bridgehead atoms. The van der Waals surface area contributed by atoms with Crippen LogP contribution in [0.2, 0.25) is 0 Å². The molecule has 0 aromatic heterocycles. The van der Waals surface area contributed by atoms with Crippen LogP contribution in [-0.4, -0.2) is 7.11 Å². The molecule has 0 aliphatic carbocycles. The lowest BCUT2D eigenvalue weighted by Crippen LogP contribution is -1.92. The molecule has 1 nitrogen and oxygen atoms in total. The van der Waals surface area contributed by atoms with E-state index in [0.29, 0.717) is 5.88 Å². The maximum atomic E-state index is 6.32. The second-order valence-corrected chi connectivity index (χ2v) is 6.13. The zero-order valence-corrected chi connectivity index (χ0v) is 13.9. The Morgan fingerprint density at radius 2 is 1.61 bits per heavy atom. The van der Waals surface area contributed by atoms with E-state index in [-0.39, 0.29) is 0 Å². The molecule has 2 heteroatoms. The van der Waals surface area contributed by atoms with Crippen LogP contribution < -0.4 is 4.74 Å². The fourth-order valence-electron chi connectivity index (χ4n) is 3.59. The summed E-state index contributed by atoms with van der Waals surface area (Å²) < 4.78 is 5.36. The number of hydrogen-bond acceptors (Lipinski definition) is 1. The lowest BCUT2D eigenvalue weighted by Gasteiger charge is -2.15. The van der Waals surface area contributed by atoms with Crippen LogP contribution in [0.1, 0.15) is 11.1 Å². The summed E-state index contributed by atoms with van der Waals surface area (Å²) in [5.74, 6) is 1.40. The van der Waals surface area contributed by atoms with Gasteiger partial charge in [-0.3, -0.25) is 0 Å². The molecule has 0 fully saturated rings. The third-order valence-corrected chi connectivity index (χ3v) is 4.98. The average molecular weight is 321 g/mol. The number of methoxy groups -OCH3 is 1. The third kappa shape index (κ3) is 2.08. The summed E-state index contributed by atoms with van der Waals surface area (Å²) in [6.07, 6.45) is 0. The van der Waals surface area contributed by atoms with Gasteiger partial charge in [-0.1, -0.05) is 42.5 Å². The SMILES string of the molecule is COc1ccc2c(ccc3c(CCl)c4ccccc4c(C)c32)c1. The van der Waals surface area contributed by atoms with Crippen LogP contribution in [-0.2, 0) is 5.88 Å². The van der Waals surface area contributed by atoms with E-state index in [2.05, 4.69) is 55.5 Å². The van der Waals surface area contributed by atoms with Gasteiger partial charge in [-0.25, -0.2) is 0 Å². The molecule has 0 aliphatic rings. The molecule has 23 heavy (non-hydrogen) atoms. The first-order chi connectivity index (χ1) is 11.2. The predicted octanol–water partition coefficient (Wildman–Crippen LogP) is 6.20. The fraction of sp³-hybridized carbons (Fsp3) is 0.143. The normalized spacial score (nSPS) is 11.4. The van der Waals surface area contributed by atoms with E-state index in [1.54, 1.807) is 7.11 Å². The summed E-state index contributed by atoms with van der Waals surface area (Å²) >= 11 is 6.32. The standard InChI is InChI=1S/C21H17ClO/c1-13-16-5-3-4-6-18(16)20(12-22)19-9-7-14-11-15(23-2)8-10-17(14)21(13)19/h3-11H,12H2,1-2H3. The topological polar surface area (TPSA) is 9.23 Å². The van der Waals surface area contributed by atoms with Crippen molar-refractivity contribution in [1.82, 2.24) is 0 Å². The second-order valence-electron chi connectivity index (χ2n) is 5.86. The number of halogens is 1. The van der Waals surface area contributed by atoms with Gasteiger partial charge >= 0.3 is 0 Å². The first kappa shape index (κ1) is 14.3. The Balaban J connectivity index is 2.26. The summed E-state index contributed by atoms with van der Waals surface area (Å²) in [6.45, 7) is 2.20. The number of aryl methyl sites for hydroxylation is 1. The molecular formula is C21H17ClO. The van der Waals surface area contributed by atoms with Crippen molar-refractivity contribution in [2.75, 3.05) is 7.11 Å². The highest BCUT2D eigenvalue weighted by atomic mass is 35.5. The van der Waals surface area contributed by atoms with Gasteiger partial charge in [0.15, 0.2) is 0 Å². The van der Waals surface area contributed by atoms with Crippen LogP contribution in [0.25, 0.3) is 32.3 Å². The van der Waals surface area contributed by atoms with E-state index in [0.717, 1.165) is 5.75 Å². The number of benzene rings is 4. The van der Waals surface area contributed by atoms with Gasteiger partial charge in [0, 0.05) is 5.88 Å². The Hall–Kier alpha value is -2.25. The highest BCUT2D eigenvalue weighted by Crippen LogP contribution is 2.38. The number of rotatable bonds is 2. The maximum Gasteiger partial charge on any atom is 0.119 e. The molecule has 0 radical (unpaired) electrons. The Labute approximate surface area is 140 Å².